The second kappa shape index (κ2) is 5.82. The third kappa shape index (κ3) is 2.98. The number of pyridine rings is 1. The summed E-state index contributed by atoms with van der Waals surface area (Å²) < 4.78 is 5.92. The quantitative estimate of drug-likeness (QED) is 0.832. The highest BCUT2D eigenvalue weighted by Crippen LogP contribution is 2.19. The molecule has 0 aliphatic carbocycles. The van der Waals surface area contributed by atoms with Gasteiger partial charge < -0.3 is 15.4 Å². The number of nitrogens with one attached hydrogen (secondary N) is 2. The van der Waals surface area contributed by atoms with Crippen molar-refractivity contribution in [1.82, 2.24) is 15.6 Å². The van der Waals surface area contributed by atoms with Crippen LogP contribution < -0.4 is 15.4 Å². The highest BCUT2D eigenvalue weighted by Gasteiger charge is 2.22. The summed E-state index contributed by atoms with van der Waals surface area (Å²) in [6, 6.07) is 3.47. The van der Waals surface area contributed by atoms with Crippen molar-refractivity contribution in [2.75, 3.05) is 20.1 Å². The molecule has 1 amide bonds. The molecule has 0 saturated carbocycles. The molecule has 0 radical (unpaired) electrons. The summed E-state index contributed by atoms with van der Waals surface area (Å²) in [6.45, 7) is 4.08. The number of aromatic nitrogens is 1. The number of amides is 1. The van der Waals surface area contributed by atoms with E-state index in [2.05, 4.69) is 22.5 Å². The number of hydrogen-bond acceptors (Lipinski definition) is 4. The van der Waals surface area contributed by atoms with Crippen LogP contribution in [0.25, 0.3) is 0 Å². The van der Waals surface area contributed by atoms with Gasteiger partial charge in [-0.3, -0.25) is 9.78 Å². The molecular weight excluding hydrogens is 230 g/mol. The van der Waals surface area contributed by atoms with Gasteiger partial charge in [-0.25, -0.2) is 0 Å². The van der Waals surface area contributed by atoms with E-state index in [1.165, 1.54) is 0 Å². The first-order valence-corrected chi connectivity index (χ1v) is 6.26. The number of piperidine rings is 1. The smallest absolute Gasteiger partial charge is 0.269 e. The summed E-state index contributed by atoms with van der Waals surface area (Å²) in [7, 11) is 1.59. The number of hydrogen-bond donors (Lipinski definition) is 2. The average Bonchev–Trinajstić information content (AvgIpc) is 2.41. The normalized spacial score (nSPS) is 23.4. The van der Waals surface area contributed by atoms with Crippen molar-refractivity contribution >= 4 is 5.91 Å². The summed E-state index contributed by atoms with van der Waals surface area (Å²) in [5.74, 6) is 1.02. The van der Waals surface area contributed by atoms with E-state index in [4.69, 9.17) is 4.74 Å². The lowest BCUT2D eigenvalue weighted by atomic mass is 9.97. The van der Waals surface area contributed by atoms with Crippen LogP contribution in [-0.2, 0) is 0 Å². The van der Waals surface area contributed by atoms with Crippen molar-refractivity contribution in [2.45, 2.75) is 19.4 Å². The molecule has 1 saturated heterocycles. The van der Waals surface area contributed by atoms with Gasteiger partial charge in [0.15, 0.2) is 0 Å². The van der Waals surface area contributed by atoms with Gasteiger partial charge in [0, 0.05) is 25.9 Å². The van der Waals surface area contributed by atoms with Crippen LogP contribution in [-0.4, -0.2) is 37.1 Å². The largest absolute Gasteiger partial charge is 0.489 e. The Hall–Kier alpha value is -1.62. The van der Waals surface area contributed by atoms with E-state index in [1.54, 1.807) is 25.4 Å². The molecule has 5 heteroatoms. The van der Waals surface area contributed by atoms with Gasteiger partial charge in [0.25, 0.3) is 5.91 Å². The molecule has 18 heavy (non-hydrogen) atoms. The molecule has 1 fully saturated rings. The Morgan fingerprint density at radius 2 is 2.44 bits per heavy atom. The van der Waals surface area contributed by atoms with E-state index in [9.17, 15) is 4.79 Å². The standard InChI is InChI=1S/C13H19N3O2/c1-9-3-5-15-8-12(9)18-10-4-6-16-11(7-10)13(17)14-2/h4,6-7,9,12,15H,3,5,8H2,1-2H3,(H,14,17). The SMILES string of the molecule is CNC(=O)c1cc(OC2CNCCC2C)ccn1. The Bertz CT molecular complexity index is 422. The third-order valence-electron chi connectivity index (χ3n) is 3.24. The van der Waals surface area contributed by atoms with E-state index in [1.807, 2.05) is 0 Å². The zero-order valence-corrected chi connectivity index (χ0v) is 10.8. The second-order valence-electron chi connectivity index (χ2n) is 4.58. The van der Waals surface area contributed by atoms with E-state index in [-0.39, 0.29) is 12.0 Å². The molecule has 0 aromatic carbocycles. The van der Waals surface area contributed by atoms with Gasteiger partial charge >= 0.3 is 0 Å². The summed E-state index contributed by atoms with van der Waals surface area (Å²) in [6.07, 6.45) is 2.86. The molecule has 1 aromatic heterocycles. The van der Waals surface area contributed by atoms with Gasteiger partial charge in [0.2, 0.25) is 0 Å². The van der Waals surface area contributed by atoms with Crippen LogP contribution in [0.4, 0.5) is 0 Å². The lowest BCUT2D eigenvalue weighted by Crippen LogP contribution is -2.42. The Balaban J connectivity index is 2.06. The van der Waals surface area contributed by atoms with Gasteiger partial charge in [-0.15, -0.1) is 0 Å². The molecule has 1 aromatic rings. The summed E-state index contributed by atoms with van der Waals surface area (Å²) in [5.41, 5.74) is 0.381. The lowest BCUT2D eigenvalue weighted by Gasteiger charge is -2.30. The Morgan fingerprint density at radius 3 is 3.17 bits per heavy atom. The molecule has 98 valence electrons. The zero-order valence-electron chi connectivity index (χ0n) is 10.8. The summed E-state index contributed by atoms with van der Waals surface area (Å²) >= 11 is 0. The highest BCUT2D eigenvalue weighted by atomic mass is 16.5. The molecule has 5 nitrogen and oxygen atoms in total. The monoisotopic (exact) mass is 249 g/mol. The maximum atomic E-state index is 11.5. The predicted molar refractivity (Wildman–Crippen MR) is 68.7 cm³/mol. The Kier molecular flexibility index (Phi) is 4.15. The zero-order chi connectivity index (χ0) is 13.0. The van der Waals surface area contributed by atoms with Crippen LogP contribution in [0.5, 0.6) is 5.75 Å². The van der Waals surface area contributed by atoms with Gasteiger partial charge in [0.05, 0.1) is 0 Å². The molecule has 0 spiro atoms. The van der Waals surface area contributed by atoms with E-state index in [0.29, 0.717) is 17.4 Å². The fraction of sp³-hybridized carbons (Fsp3) is 0.538. The second-order valence-corrected chi connectivity index (χ2v) is 4.58. The van der Waals surface area contributed by atoms with Crippen molar-refractivity contribution in [3.05, 3.63) is 24.0 Å². The minimum absolute atomic E-state index is 0.152. The van der Waals surface area contributed by atoms with Gasteiger partial charge in [0.1, 0.15) is 17.5 Å². The summed E-state index contributed by atoms with van der Waals surface area (Å²) in [4.78, 5) is 15.5. The number of nitrogens with zero attached hydrogens (tertiary/aromatic N) is 1. The molecule has 2 N–H and O–H groups in total. The molecule has 2 heterocycles. The Labute approximate surface area is 107 Å². The average molecular weight is 249 g/mol. The lowest BCUT2D eigenvalue weighted by molar-refractivity contribution is 0.0954. The van der Waals surface area contributed by atoms with Gasteiger partial charge in [-0.1, -0.05) is 6.92 Å². The number of carbonyl (C=O) groups is 1. The molecule has 1 aliphatic rings. The minimum Gasteiger partial charge on any atom is -0.489 e. The first kappa shape index (κ1) is 12.8. The fourth-order valence-electron chi connectivity index (χ4n) is 2.03. The van der Waals surface area contributed by atoms with Crippen LogP contribution in [0.3, 0.4) is 0 Å². The molecule has 2 rings (SSSR count). The van der Waals surface area contributed by atoms with E-state index in [0.717, 1.165) is 19.5 Å². The number of carbonyl (C=O) groups excluding carboxylic acids is 1. The van der Waals surface area contributed by atoms with Crippen LogP contribution >= 0.6 is 0 Å². The minimum atomic E-state index is -0.199. The first-order chi connectivity index (χ1) is 8.70. The molecule has 2 atom stereocenters. The van der Waals surface area contributed by atoms with Crippen LogP contribution in [0.2, 0.25) is 0 Å². The molecule has 1 aliphatic heterocycles. The number of rotatable bonds is 3. The van der Waals surface area contributed by atoms with Crippen molar-refractivity contribution in [3.8, 4) is 5.75 Å². The van der Waals surface area contributed by atoms with Crippen LogP contribution in [0.15, 0.2) is 18.3 Å². The van der Waals surface area contributed by atoms with E-state index < -0.39 is 0 Å². The van der Waals surface area contributed by atoms with Crippen molar-refractivity contribution < 1.29 is 9.53 Å². The maximum absolute atomic E-state index is 11.5. The number of ether oxygens (including phenoxy) is 1. The van der Waals surface area contributed by atoms with Crippen molar-refractivity contribution in [1.29, 1.82) is 0 Å². The fourth-order valence-corrected chi connectivity index (χ4v) is 2.03. The predicted octanol–water partition coefficient (Wildman–Crippen LogP) is 0.818. The van der Waals surface area contributed by atoms with Crippen LogP contribution in [0, 0.1) is 5.92 Å². The highest BCUT2D eigenvalue weighted by molar-refractivity contribution is 5.92. The van der Waals surface area contributed by atoms with Gasteiger partial charge in [-0.2, -0.15) is 0 Å². The first-order valence-electron chi connectivity index (χ1n) is 6.26. The molecule has 2 unspecified atom stereocenters. The van der Waals surface area contributed by atoms with Crippen LogP contribution in [0.1, 0.15) is 23.8 Å². The van der Waals surface area contributed by atoms with Crippen molar-refractivity contribution in [3.63, 3.8) is 0 Å². The topological polar surface area (TPSA) is 63.2 Å². The van der Waals surface area contributed by atoms with Gasteiger partial charge in [-0.05, 0) is 24.9 Å². The molecule has 0 bridgehead atoms. The van der Waals surface area contributed by atoms with E-state index >= 15 is 0 Å². The van der Waals surface area contributed by atoms with Crippen molar-refractivity contribution in [2.24, 2.45) is 5.92 Å². The third-order valence-corrected chi connectivity index (χ3v) is 3.24. The summed E-state index contributed by atoms with van der Waals surface area (Å²) in [5, 5.41) is 5.87. The Morgan fingerprint density at radius 1 is 1.61 bits per heavy atom. The molecular formula is C13H19N3O2. The maximum Gasteiger partial charge on any atom is 0.269 e.